The number of halogens is 3. The van der Waals surface area contributed by atoms with Crippen molar-refractivity contribution in [3.8, 4) is 22.0 Å². The third kappa shape index (κ3) is 5.23. The second-order valence-corrected chi connectivity index (χ2v) is 7.83. The fourth-order valence-electron chi connectivity index (χ4n) is 3.24. The summed E-state index contributed by atoms with van der Waals surface area (Å²) in [4.78, 5) is 17.0. The van der Waals surface area contributed by atoms with E-state index in [1.165, 1.54) is 40.5 Å². The molecular weight excluding hydrogens is 453 g/mol. The summed E-state index contributed by atoms with van der Waals surface area (Å²) in [5, 5.41) is 8.70. The number of para-hydroxylation sites is 1. The number of alkyl halides is 3. The van der Waals surface area contributed by atoms with Gasteiger partial charge in [-0.25, -0.2) is 9.67 Å². The van der Waals surface area contributed by atoms with Crippen molar-refractivity contribution in [2.45, 2.75) is 19.5 Å². The molecule has 2 heterocycles. The number of carbonyl (C=O) groups is 1. The Kier molecular flexibility index (Phi) is 6.45. The second kappa shape index (κ2) is 9.45. The third-order valence-electron chi connectivity index (χ3n) is 4.66. The average Bonchev–Trinajstić information content (AvgIpc) is 3.46. The zero-order valence-corrected chi connectivity index (χ0v) is 18.3. The first-order valence-corrected chi connectivity index (χ1v) is 10.9. The van der Waals surface area contributed by atoms with Crippen molar-refractivity contribution in [1.82, 2.24) is 14.8 Å². The number of carbonyl (C=O) groups excluding carboxylic acids is 1. The van der Waals surface area contributed by atoms with Gasteiger partial charge in [0.15, 0.2) is 0 Å². The minimum atomic E-state index is -4.65. The van der Waals surface area contributed by atoms with E-state index in [2.05, 4.69) is 15.4 Å². The van der Waals surface area contributed by atoms with Crippen LogP contribution in [0.3, 0.4) is 0 Å². The van der Waals surface area contributed by atoms with Crippen molar-refractivity contribution in [1.29, 1.82) is 0 Å². The fourth-order valence-corrected chi connectivity index (χ4v) is 4.08. The summed E-state index contributed by atoms with van der Waals surface area (Å²) >= 11 is 1.34. The molecular formula is C23H19F3N4O2S. The van der Waals surface area contributed by atoms with Gasteiger partial charge in [-0.1, -0.05) is 12.1 Å². The highest BCUT2D eigenvalue weighted by molar-refractivity contribution is 7.13. The van der Waals surface area contributed by atoms with Crippen LogP contribution in [0.2, 0.25) is 0 Å². The van der Waals surface area contributed by atoms with E-state index < -0.39 is 17.6 Å². The first-order valence-electron chi connectivity index (χ1n) is 10.0. The van der Waals surface area contributed by atoms with E-state index in [1.54, 1.807) is 11.4 Å². The van der Waals surface area contributed by atoms with E-state index in [-0.39, 0.29) is 17.8 Å². The lowest BCUT2D eigenvalue weighted by atomic mass is 10.1. The maximum absolute atomic E-state index is 13.6. The molecule has 1 amide bonds. The molecule has 0 spiro atoms. The zero-order chi connectivity index (χ0) is 23.4. The van der Waals surface area contributed by atoms with Gasteiger partial charge >= 0.3 is 6.18 Å². The first kappa shape index (κ1) is 22.5. The van der Waals surface area contributed by atoms with Gasteiger partial charge in [-0.3, -0.25) is 4.79 Å². The highest BCUT2D eigenvalue weighted by Gasteiger charge is 2.34. The molecule has 0 aliphatic rings. The van der Waals surface area contributed by atoms with Gasteiger partial charge in [-0.15, -0.1) is 11.3 Å². The summed E-state index contributed by atoms with van der Waals surface area (Å²) in [6, 6.07) is 12.7. The summed E-state index contributed by atoms with van der Waals surface area (Å²) in [7, 11) is 0. The first-order chi connectivity index (χ1) is 15.8. The Morgan fingerprint density at radius 1 is 1.18 bits per heavy atom. The Balaban J connectivity index is 1.52. The molecule has 33 heavy (non-hydrogen) atoms. The molecule has 0 bridgehead atoms. The van der Waals surface area contributed by atoms with Crippen LogP contribution in [-0.4, -0.2) is 27.3 Å². The quantitative estimate of drug-likeness (QED) is 0.381. The molecule has 0 saturated heterocycles. The SMILES string of the molecule is CCOc1ccccc1-c1nc(CC(=O)Nc2ccc(-n3cccn3)cc2C(F)(F)F)cs1. The third-order valence-corrected chi connectivity index (χ3v) is 5.59. The summed E-state index contributed by atoms with van der Waals surface area (Å²) in [5.41, 5.74) is 0.224. The lowest BCUT2D eigenvalue weighted by Gasteiger charge is -2.15. The highest BCUT2D eigenvalue weighted by atomic mass is 32.1. The summed E-state index contributed by atoms with van der Waals surface area (Å²) in [6.45, 7) is 2.38. The average molecular weight is 472 g/mol. The smallest absolute Gasteiger partial charge is 0.418 e. The molecule has 0 atom stereocenters. The number of amides is 1. The monoisotopic (exact) mass is 472 g/mol. The summed E-state index contributed by atoms with van der Waals surface area (Å²) in [5.74, 6) is 0.0831. The maximum Gasteiger partial charge on any atom is 0.418 e. The number of nitrogens with one attached hydrogen (secondary N) is 1. The van der Waals surface area contributed by atoms with Gasteiger partial charge in [0, 0.05) is 17.8 Å². The Bertz CT molecular complexity index is 1250. The number of ether oxygens (including phenoxy) is 1. The topological polar surface area (TPSA) is 69.0 Å². The van der Waals surface area contributed by atoms with Crippen molar-refractivity contribution >= 4 is 22.9 Å². The van der Waals surface area contributed by atoms with Crippen LogP contribution in [0.4, 0.5) is 18.9 Å². The zero-order valence-electron chi connectivity index (χ0n) is 17.5. The minimum absolute atomic E-state index is 0.161. The number of rotatable bonds is 7. The fraction of sp³-hybridized carbons (Fsp3) is 0.174. The molecule has 6 nitrogen and oxygen atoms in total. The van der Waals surface area contributed by atoms with Crippen molar-refractivity contribution < 1.29 is 22.7 Å². The van der Waals surface area contributed by atoms with Crippen LogP contribution in [0, 0.1) is 0 Å². The van der Waals surface area contributed by atoms with Crippen molar-refractivity contribution in [3.05, 3.63) is 77.6 Å². The number of hydrogen-bond donors (Lipinski definition) is 1. The van der Waals surface area contributed by atoms with Crippen LogP contribution in [0.15, 0.2) is 66.3 Å². The van der Waals surface area contributed by atoms with Crippen molar-refractivity contribution in [3.63, 3.8) is 0 Å². The van der Waals surface area contributed by atoms with Gasteiger partial charge in [0.1, 0.15) is 10.8 Å². The number of thiazole rings is 1. The van der Waals surface area contributed by atoms with Crippen molar-refractivity contribution in [2.75, 3.05) is 11.9 Å². The Hall–Kier alpha value is -3.66. The van der Waals surface area contributed by atoms with Gasteiger partial charge in [0.25, 0.3) is 0 Å². The van der Waals surface area contributed by atoms with Crippen LogP contribution >= 0.6 is 11.3 Å². The molecule has 0 radical (unpaired) electrons. The molecule has 0 saturated carbocycles. The van der Waals surface area contributed by atoms with Crippen LogP contribution in [0.1, 0.15) is 18.2 Å². The van der Waals surface area contributed by atoms with E-state index in [0.717, 1.165) is 11.6 Å². The molecule has 4 rings (SSSR count). The highest BCUT2D eigenvalue weighted by Crippen LogP contribution is 2.36. The maximum atomic E-state index is 13.6. The van der Waals surface area contributed by atoms with Crippen LogP contribution in [0.5, 0.6) is 5.75 Å². The number of aromatic nitrogens is 3. The van der Waals surface area contributed by atoms with Gasteiger partial charge < -0.3 is 10.1 Å². The Morgan fingerprint density at radius 3 is 2.73 bits per heavy atom. The summed E-state index contributed by atoms with van der Waals surface area (Å²) < 4.78 is 47.8. The Morgan fingerprint density at radius 2 is 2.00 bits per heavy atom. The molecule has 0 unspecified atom stereocenters. The molecule has 10 heteroatoms. The number of nitrogens with zero attached hydrogens (tertiary/aromatic N) is 3. The predicted octanol–water partition coefficient (Wildman–Crippen LogP) is 5.59. The predicted molar refractivity (Wildman–Crippen MR) is 120 cm³/mol. The van der Waals surface area contributed by atoms with E-state index in [9.17, 15) is 18.0 Å². The van der Waals surface area contributed by atoms with Gasteiger partial charge in [0.05, 0.1) is 41.2 Å². The Labute approximate surface area is 191 Å². The van der Waals surface area contributed by atoms with E-state index >= 15 is 0 Å². The minimum Gasteiger partial charge on any atom is -0.493 e. The van der Waals surface area contributed by atoms with Crippen LogP contribution in [0.25, 0.3) is 16.3 Å². The largest absolute Gasteiger partial charge is 0.493 e. The number of hydrogen-bond acceptors (Lipinski definition) is 5. The van der Waals surface area contributed by atoms with Gasteiger partial charge in [0.2, 0.25) is 5.91 Å². The van der Waals surface area contributed by atoms with E-state index in [1.807, 2.05) is 31.2 Å². The standard InChI is InChI=1S/C23H19F3N4O2S/c1-2-32-20-7-4-3-6-17(20)22-28-15(14-33-22)12-21(31)29-19-9-8-16(30-11-5-10-27-30)13-18(19)23(24,25)26/h3-11,13-14H,2,12H2,1H3,(H,29,31). The molecule has 0 aliphatic heterocycles. The lowest BCUT2D eigenvalue weighted by Crippen LogP contribution is -2.19. The van der Waals surface area contributed by atoms with E-state index in [4.69, 9.17) is 4.74 Å². The van der Waals surface area contributed by atoms with Crippen LogP contribution < -0.4 is 10.1 Å². The summed E-state index contributed by atoms with van der Waals surface area (Å²) in [6.07, 6.45) is -1.80. The molecule has 4 aromatic rings. The molecule has 2 aromatic carbocycles. The second-order valence-electron chi connectivity index (χ2n) is 6.98. The van der Waals surface area contributed by atoms with E-state index in [0.29, 0.717) is 23.1 Å². The number of anilines is 1. The molecule has 0 aliphatic carbocycles. The molecule has 1 N–H and O–H groups in total. The number of benzene rings is 2. The van der Waals surface area contributed by atoms with Gasteiger partial charge in [-0.05, 0) is 43.3 Å². The van der Waals surface area contributed by atoms with Gasteiger partial charge in [-0.2, -0.15) is 18.3 Å². The normalized spacial score (nSPS) is 11.4. The molecule has 170 valence electrons. The molecule has 2 aromatic heterocycles. The molecule has 0 fully saturated rings. The van der Waals surface area contributed by atoms with Crippen molar-refractivity contribution in [2.24, 2.45) is 0 Å². The lowest BCUT2D eigenvalue weighted by molar-refractivity contribution is -0.137. The van der Waals surface area contributed by atoms with Crippen LogP contribution in [-0.2, 0) is 17.4 Å².